The Kier molecular flexibility index (Phi) is 9.69. The molecule has 0 radical (unpaired) electrons. The summed E-state index contributed by atoms with van der Waals surface area (Å²) in [7, 11) is 0. The minimum Gasteiger partial charge on any atom is -0.460 e. The summed E-state index contributed by atoms with van der Waals surface area (Å²) >= 11 is 0. The summed E-state index contributed by atoms with van der Waals surface area (Å²) in [5.74, 6) is -1.18. The van der Waals surface area contributed by atoms with E-state index in [1.54, 1.807) is 20.8 Å². The van der Waals surface area contributed by atoms with Crippen LogP contribution in [0.25, 0.3) is 0 Å². The van der Waals surface area contributed by atoms with Gasteiger partial charge in [0.2, 0.25) is 5.91 Å². The van der Waals surface area contributed by atoms with Gasteiger partial charge in [-0.25, -0.2) is 4.79 Å². The third-order valence-corrected chi connectivity index (χ3v) is 4.05. The average Bonchev–Trinajstić information content (AvgIpc) is 2.75. The zero-order chi connectivity index (χ0) is 23.4. The molecule has 1 atom stereocenters. The van der Waals surface area contributed by atoms with Gasteiger partial charge >= 0.3 is 12.1 Å². The van der Waals surface area contributed by atoms with Gasteiger partial charge in [-0.15, -0.1) is 0 Å². The molecule has 0 heterocycles. The number of carbonyl (C=O) groups excluding carboxylic acids is 3. The van der Waals surface area contributed by atoms with Gasteiger partial charge in [0.1, 0.15) is 24.8 Å². The quantitative estimate of drug-likeness (QED) is 0.549. The lowest BCUT2D eigenvalue weighted by Crippen LogP contribution is -2.51. The molecule has 0 aliphatic rings. The molecular formula is C24H30N2O6. The maximum absolute atomic E-state index is 12.6. The van der Waals surface area contributed by atoms with Crippen molar-refractivity contribution in [3.63, 3.8) is 0 Å². The Morgan fingerprint density at radius 1 is 0.875 bits per heavy atom. The zero-order valence-electron chi connectivity index (χ0n) is 18.6. The van der Waals surface area contributed by atoms with Crippen molar-refractivity contribution < 1.29 is 28.6 Å². The maximum Gasteiger partial charge on any atom is 0.408 e. The first-order chi connectivity index (χ1) is 15.2. The molecule has 0 aliphatic carbocycles. The van der Waals surface area contributed by atoms with E-state index in [0.29, 0.717) is 0 Å². The van der Waals surface area contributed by atoms with Crippen LogP contribution >= 0.6 is 0 Å². The third kappa shape index (κ3) is 10.1. The lowest BCUT2D eigenvalue weighted by Gasteiger charge is -2.23. The highest BCUT2D eigenvalue weighted by Gasteiger charge is 2.25. The van der Waals surface area contributed by atoms with Crippen molar-refractivity contribution in [1.82, 2.24) is 10.6 Å². The normalized spacial score (nSPS) is 11.8. The zero-order valence-corrected chi connectivity index (χ0v) is 18.6. The number of alkyl carbamates (subject to hydrolysis) is 1. The molecule has 2 aromatic carbocycles. The highest BCUT2D eigenvalue weighted by Crippen LogP contribution is 2.07. The molecule has 0 saturated carbocycles. The van der Waals surface area contributed by atoms with Crippen molar-refractivity contribution in [3.05, 3.63) is 71.8 Å². The Balaban J connectivity index is 1.86. The highest BCUT2D eigenvalue weighted by molar-refractivity contribution is 5.88. The first-order valence-corrected chi connectivity index (χ1v) is 10.3. The summed E-state index contributed by atoms with van der Waals surface area (Å²) in [4.78, 5) is 36.7. The number of benzene rings is 2. The second kappa shape index (κ2) is 12.5. The van der Waals surface area contributed by atoms with Crippen molar-refractivity contribution >= 4 is 18.0 Å². The Morgan fingerprint density at radius 2 is 1.44 bits per heavy atom. The van der Waals surface area contributed by atoms with Crippen molar-refractivity contribution in [3.8, 4) is 0 Å². The van der Waals surface area contributed by atoms with E-state index in [9.17, 15) is 14.4 Å². The molecule has 0 bridgehead atoms. The lowest BCUT2D eigenvalue weighted by atomic mass is 10.2. The smallest absolute Gasteiger partial charge is 0.408 e. The fourth-order valence-electron chi connectivity index (χ4n) is 2.57. The Hall–Kier alpha value is -3.39. The van der Waals surface area contributed by atoms with Crippen molar-refractivity contribution in [2.45, 2.75) is 45.6 Å². The summed E-state index contributed by atoms with van der Waals surface area (Å²) in [5, 5.41) is 4.96. The molecule has 0 spiro atoms. The first kappa shape index (κ1) is 24.9. The molecule has 2 rings (SSSR count). The van der Waals surface area contributed by atoms with Crippen LogP contribution in [-0.2, 0) is 37.0 Å². The van der Waals surface area contributed by atoms with E-state index in [1.807, 2.05) is 60.7 Å². The van der Waals surface area contributed by atoms with Gasteiger partial charge < -0.3 is 24.8 Å². The fourth-order valence-corrected chi connectivity index (χ4v) is 2.57. The number of hydrogen-bond donors (Lipinski definition) is 2. The minimum absolute atomic E-state index is 0.0982. The molecule has 2 amide bonds. The van der Waals surface area contributed by atoms with Crippen molar-refractivity contribution in [2.24, 2.45) is 0 Å². The van der Waals surface area contributed by atoms with Crippen LogP contribution in [0.4, 0.5) is 4.79 Å². The molecule has 0 unspecified atom stereocenters. The fraction of sp³-hybridized carbons (Fsp3) is 0.375. The van der Waals surface area contributed by atoms with Crippen LogP contribution < -0.4 is 10.6 Å². The molecule has 172 valence electrons. The largest absolute Gasteiger partial charge is 0.460 e. The summed E-state index contributed by atoms with van der Waals surface area (Å²) < 4.78 is 16.0. The number of ether oxygens (including phenoxy) is 3. The van der Waals surface area contributed by atoms with Crippen LogP contribution in [0.3, 0.4) is 0 Å². The lowest BCUT2D eigenvalue weighted by molar-refractivity contribution is -0.145. The van der Waals surface area contributed by atoms with E-state index < -0.39 is 29.6 Å². The van der Waals surface area contributed by atoms with Crippen LogP contribution in [0, 0.1) is 0 Å². The average molecular weight is 443 g/mol. The van der Waals surface area contributed by atoms with Gasteiger partial charge in [0.25, 0.3) is 0 Å². The van der Waals surface area contributed by atoms with Crippen LogP contribution in [0.1, 0.15) is 31.9 Å². The van der Waals surface area contributed by atoms with Gasteiger partial charge in [-0.2, -0.15) is 0 Å². The van der Waals surface area contributed by atoms with Gasteiger partial charge in [0, 0.05) is 0 Å². The van der Waals surface area contributed by atoms with Crippen LogP contribution in [0.2, 0.25) is 0 Å². The summed E-state index contributed by atoms with van der Waals surface area (Å²) in [6, 6.07) is 17.6. The second-order valence-corrected chi connectivity index (χ2v) is 8.06. The van der Waals surface area contributed by atoms with E-state index in [4.69, 9.17) is 14.2 Å². The van der Waals surface area contributed by atoms with Crippen molar-refractivity contribution in [2.75, 3.05) is 13.2 Å². The van der Waals surface area contributed by atoms with Crippen LogP contribution in [0.15, 0.2) is 60.7 Å². The van der Waals surface area contributed by atoms with Crippen LogP contribution in [-0.4, -0.2) is 42.8 Å². The summed E-state index contributed by atoms with van der Waals surface area (Å²) in [6.45, 7) is 5.09. The topological polar surface area (TPSA) is 103 Å². The molecule has 2 N–H and O–H groups in total. The molecular weight excluding hydrogens is 412 g/mol. The van der Waals surface area contributed by atoms with Gasteiger partial charge in [-0.05, 0) is 31.9 Å². The number of esters is 1. The molecule has 2 aromatic rings. The monoisotopic (exact) mass is 442 g/mol. The Morgan fingerprint density at radius 3 is 2.00 bits per heavy atom. The maximum atomic E-state index is 12.6. The Bertz CT molecular complexity index is 865. The summed E-state index contributed by atoms with van der Waals surface area (Å²) in [5.41, 5.74) is 1.04. The van der Waals surface area contributed by atoms with Gasteiger partial charge in [-0.3, -0.25) is 9.59 Å². The number of hydrogen-bond acceptors (Lipinski definition) is 6. The van der Waals surface area contributed by atoms with Gasteiger partial charge in [0.15, 0.2) is 0 Å². The Labute approximate surface area is 188 Å². The van der Waals surface area contributed by atoms with E-state index in [2.05, 4.69) is 10.6 Å². The number of carbonyl (C=O) groups is 3. The second-order valence-electron chi connectivity index (χ2n) is 8.06. The molecule has 0 saturated heterocycles. The molecule has 8 nitrogen and oxygen atoms in total. The van der Waals surface area contributed by atoms with E-state index in [0.717, 1.165) is 11.1 Å². The number of rotatable bonds is 10. The molecule has 0 fully saturated rings. The molecule has 8 heteroatoms. The van der Waals surface area contributed by atoms with Gasteiger partial charge in [-0.1, -0.05) is 60.7 Å². The van der Waals surface area contributed by atoms with Gasteiger partial charge in [0.05, 0.1) is 13.2 Å². The highest BCUT2D eigenvalue weighted by atomic mass is 16.6. The minimum atomic E-state index is -1.05. The molecule has 0 aliphatic heterocycles. The molecule has 32 heavy (non-hydrogen) atoms. The predicted molar refractivity (Wildman–Crippen MR) is 119 cm³/mol. The summed E-state index contributed by atoms with van der Waals surface area (Å²) in [6.07, 6.45) is -0.757. The van der Waals surface area contributed by atoms with Crippen LogP contribution in [0.5, 0.6) is 0 Å². The number of nitrogens with one attached hydrogen (secondary N) is 2. The molecule has 0 aromatic heterocycles. The number of amides is 2. The van der Waals surface area contributed by atoms with Crippen molar-refractivity contribution in [1.29, 1.82) is 0 Å². The van der Waals surface area contributed by atoms with E-state index >= 15 is 0 Å². The van der Waals surface area contributed by atoms with E-state index in [-0.39, 0.29) is 26.4 Å². The standard InChI is InChI=1S/C24H30N2O6/c1-24(2,3)32-23(29)26-20(17-30-15-18-10-6-4-7-11-18)22(28)25-14-21(27)31-16-19-12-8-5-9-13-19/h4-13,20H,14-17H2,1-3H3,(H,25,28)(H,26,29)/t20-/m1/s1. The SMILES string of the molecule is CC(C)(C)OC(=O)N[C@H](COCc1ccccc1)C(=O)NCC(=O)OCc1ccccc1. The third-order valence-electron chi connectivity index (χ3n) is 4.05. The first-order valence-electron chi connectivity index (χ1n) is 10.3. The predicted octanol–water partition coefficient (Wildman–Crippen LogP) is 2.96. The van der Waals surface area contributed by atoms with E-state index in [1.165, 1.54) is 0 Å².